The summed E-state index contributed by atoms with van der Waals surface area (Å²) in [5.41, 5.74) is 5.61. The van der Waals surface area contributed by atoms with E-state index in [-0.39, 0.29) is 17.7 Å². The predicted molar refractivity (Wildman–Crippen MR) is 68.4 cm³/mol. The Labute approximate surface area is 114 Å². The van der Waals surface area contributed by atoms with Crippen molar-refractivity contribution in [3.63, 3.8) is 0 Å². The van der Waals surface area contributed by atoms with Crippen LogP contribution in [0.1, 0.15) is 24.1 Å². The molecule has 1 aromatic carbocycles. The average molecular weight is 282 g/mol. The minimum atomic E-state index is -4.47. The van der Waals surface area contributed by atoms with Gasteiger partial charge in [0, 0.05) is 18.3 Å². The Morgan fingerprint density at radius 3 is 2.40 bits per heavy atom. The third-order valence-corrected chi connectivity index (χ3v) is 2.69. The first kappa shape index (κ1) is 14.3. The molecule has 3 nitrogen and oxygen atoms in total. The van der Waals surface area contributed by atoms with Crippen LogP contribution in [0, 0.1) is 0 Å². The fourth-order valence-electron chi connectivity index (χ4n) is 1.62. The van der Waals surface area contributed by atoms with Gasteiger partial charge in [-0.3, -0.25) is 0 Å². The van der Waals surface area contributed by atoms with Crippen LogP contribution in [0.5, 0.6) is 11.6 Å². The Kier molecular flexibility index (Phi) is 3.94. The van der Waals surface area contributed by atoms with Crippen LogP contribution in [0.2, 0.25) is 0 Å². The summed E-state index contributed by atoms with van der Waals surface area (Å²) in [7, 11) is 0. The van der Waals surface area contributed by atoms with E-state index in [0.29, 0.717) is 0 Å². The van der Waals surface area contributed by atoms with E-state index in [1.807, 2.05) is 0 Å². The molecule has 1 unspecified atom stereocenters. The number of halogens is 3. The zero-order chi connectivity index (χ0) is 14.8. The van der Waals surface area contributed by atoms with Crippen molar-refractivity contribution in [3.05, 3.63) is 53.7 Å². The topological polar surface area (TPSA) is 48.1 Å². The molecule has 20 heavy (non-hydrogen) atoms. The molecule has 0 saturated heterocycles. The SMILES string of the molecule is CC(N)c1ccc(Oc2ccccc2C(F)(F)F)nc1. The molecule has 0 fully saturated rings. The van der Waals surface area contributed by atoms with Crippen molar-refractivity contribution in [2.45, 2.75) is 19.1 Å². The molecule has 2 rings (SSSR count). The van der Waals surface area contributed by atoms with E-state index >= 15 is 0 Å². The minimum absolute atomic E-state index is 0.0890. The monoisotopic (exact) mass is 282 g/mol. The molecule has 0 saturated carbocycles. The summed E-state index contributed by atoms with van der Waals surface area (Å²) in [6, 6.07) is 7.97. The second-order valence-electron chi connectivity index (χ2n) is 4.31. The van der Waals surface area contributed by atoms with Crippen LogP contribution in [0.4, 0.5) is 13.2 Å². The molecule has 1 atom stereocenters. The lowest BCUT2D eigenvalue weighted by molar-refractivity contribution is -0.138. The Morgan fingerprint density at radius 1 is 1.15 bits per heavy atom. The van der Waals surface area contributed by atoms with E-state index in [0.717, 1.165) is 11.6 Å². The lowest BCUT2D eigenvalue weighted by Gasteiger charge is -2.13. The van der Waals surface area contributed by atoms with Crippen LogP contribution in [-0.4, -0.2) is 4.98 Å². The number of ether oxygens (including phenoxy) is 1. The van der Waals surface area contributed by atoms with Gasteiger partial charge in [0.25, 0.3) is 0 Å². The zero-order valence-electron chi connectivity index (χ0n) is 10.7. The molecule has 0 amide bonds. The van der Waals surface area contributed by atoms with Gasteiger partial charge in [0.1, 0.15) is 5.75 Å². The smallest absolute Gasteiger partial charge is 0.419 e. The van der Waals surface area contributed by atoms with Crippen molar-refractivity contribution in [1.82, 2.24) is 4.98 Å². The van der Waals surface area contributed by atoms with Gasteiger partial charge in [-0.1, -0.05) is 18.2 Å². The Morgan fingerprint density at radius 2 is 1.85 bits per heavy atom. The first-order chi connectivity index (χ1) is 9.38. The number of benzene rings is 1. The molecule has 0 aliphatic heterocycles. The molecule has 0 aliphatic rings. The largest absolute Gasteiger partial charge is 0.438 e. The number of hydrogen-bond acceptors (Lipinski definition) is 3. The Bertz CT molecular complexity index is 580. The van der Waals surface area contributed by atoms with Gasteiger partial charge in [-0.15, -0.1) is 0 Å². The van der Waals surface area contributed by atoms with E-state index in [4.69, 9.17) is 10.5 Å². The summed E-state index contributed by atoms with van der Waals surface area (Å²) in [5, 5.41) is 0. The van der Waals surface area contributed by atoms with E-state index < -0.39 is 11.7 Å². The van der Waals surface area contributed by atoms with E-state index in [2.05, 4.69) is 4.98 Å². The second-order valence-corrected chi connectivity index (χ2v) is 4.31. The number of alkyl halides is 3. The van der Waals surface area contributed by atoms with Crippen LogP contribution >= 0.6 is 0 Å². The number of aromatic nitrogens is 1. The Hall–Kier alpha value is -2.08. The maximum Gasteiger partial charge on any atom is 0.419 e. The highest BCUT2D eigenvalue weighted by atomic mass is 19.4. The normalized spacial score (nSPS) is 13.1. The highest BCUT2D eigenvalue weighted by Gasteiger charge is 2.34. The third-order valence-electron chi connectivity index (χ3n) is 2.69. The van der Waals surface area contributed by atoms with E-state index in [9.17, 15) is 13.2 Å². The van der Waals surface area contributed by atoms with Crippen LogP contribution in [-0.2, 0) is 6.18 Å². The molecule has 0 aliphatic carbocycles. The van der Waals surface area contributed by atoms with Gasteiger partial charge in [-0.25, -0.2) is 4.98 Å². The van der Waals surface area contributed by atoms with Crippen molar-refractivity contribution in [1.29, 1.82) is 0 Å². The predicted octanol–water partition coefficient (Wildman–Crippen LogP) is 3.91. The van der Waals surface area contributed by atoms with Crippen molar-refractivity contribution in [2.75, 3.05) is 0 Å². The van der Waals surface area contributed by atoms with Gasteiger partial charge < -0.3 is 10.5 Å². The number of pyridine rings is 1. The van der Waals surface area contributed by atoms with Gasteiger partial charge in [0.15, 0.2) is 0 Å². The van der Waals surface area contributed by atoms with Crippen molar-refractivity contribution >= 4 is 0 Å². The van der Waals surface area contributed by atoms with Crippen molar-refractivity contribution < 1.29 is 17.9 Å². The number of nitrogens with two attached hydrogens (primary N) is 1. The lowest BCUT2D eigenvalue weighted by atomic mass is 10.1. The summed E-state index contributed by atoms with van der Waals surface area (Å²) >= 11 is 0. The lowest BCUT2D eigenvalue weighted by Crippen LogP contribution is -2.07. The van der Waals surface area contributed by atoms with Gasteiger partial charge in [0.05, 0.1) is 5.56 Å². The summed E-state index contributed by atoms with van der Waals surface area (Å²) < 4.78 is 43.6. The Balaban J connectivity index is 2.26. The number of nitrogens with zero attached hydrogens (tertiary/aromatic N) is 1. The standard InChI is InChI=1S/C14H13F3N2O/c1-9(18)10-6-7-13(19-8-10)20-12-5-3-2-4-11(12)14(15,16)17/h2-9H,18H2,1H3. The minimum Gasteiger partial charge on any atom is -0.438 e. The van der Waals surface area contributed by atoms with Gasteiger partial charge >= 0.3 is 6.18 Å². The summed E-state index contributed by atoms with van der Waals surface area (Å²) in [4.78, 5) is 3.95. The first-order valence-electron chi connectivity index (χ1n) is 5.93. The molecule has 6 heteroatoms. The summed E-state index contributed by atoms with van der Waals surface area (Å²) in [5.74, 6) is -0.188. The summed E-state index contributed by atoms with van der Waals surface area (Å²) in [6.07, 6.45) is -2.99. The zero-order valence-corrected chi connectivity index (χ0v) is 10.7. The second kappa shape index (κ2) is 5.50. The molecule has 1 heterocycles. The fraction of sp³-hybridized carbons (Fsp3) is 0.214. The van der Waals surface area contributed by atoms with Crippen molar-refractivity contribution in [3.8, 4) is 11.6 Å². The highest BCUT2D eigenvalue weighted by Crippen LogP contribution is 2.37. The van der Waals surface area contributed by atoms with Gasteiger partial charge in [0.2, 0.25) is 5.88 Å². The van der Waals surface area contributed by atoms with Crippen LogP contribution in [0.15, 0.2) is 42.6 Å². The molecule has 0 bridgehead atoms. The molecule has 106 valence electrons. The van der Waals surface area contributed by atoms with E-state index in [1.54, 1.807) is 13.0 Å². The first-order valence-corrected chi connectivity index (χ1v) is 5.93. The average Bonchev–Trinajstić information content (AvgIpc) is 2.38. The number of hydrogen-bond donors (Lipinski definition) is 1. The molecule has 0 radical (unpaired) electrons. The van der Waals surface area contributed by atoms with Crippen LogP contribution < -0.4 is 10.5 Å². The molecule has 2 aromatic rings. The van der Waals surface area contributed by atoms with Gasteiger partial charge in [-0.2, -0.15) is 13.2 Å². The van der Waals surface area contributed by atoms with Crippen molar-refractivity contribution in [2.24, 2.45) is 5.73 Å². The maximum atomic E-state index is 12.8. The number of rotatable bonds is 3. The molecule has 2 N–H and O–H groups in total. The fourth-order valence-corrected chi connectivity index (χ4v) is 1.62. The quantitative estimate of drug-likeness (QED) is 0.928. The molecule has 0 spiro atoms. The van der Waals surface area contributed by atoms with Gasteiger partial charge in [-0.05, 0) is 24.6 Å². The summed E-state index contributed by atoms with van der Waals surface area (Å²) in [6.45, 7) is 1.79. The molecular formula is C14H13F3N2O. The number of para-hydroxylation sites is 1. The van der Waals surface area contributed by atoms with E-state index in [1.165, 1.54) is 30.5 Å². The van der Waals surface area contributed by atoms with Crippen LogP contribution in [0.25, 0.3) is 0 Å². The third kappa shape index (κ3) is 3.27. The molecule has 1 aromatic heterocycles. The molecular weight excluding hydrogens is 269 g/mol. The highest BCUT2D eigenvalue weighted by molar-refractivity contribution is 5.38. The van der Waals surface area contributed by atoms with Crippen LogP contribution in [0.3, 0.4) is 0 Å². The maximum absolute atomic E-state index is 12.8.